The van der Waals surface area contributed by atoms with Crippen molar-refractivity contribution in [1.29, 1.82) is 0 Å². The molecule has 5 nitrogen and oxygen atoms in total. The van der Waals surface area contributed by atoms with Crippen LogP contribution >= 0.6 is 24.0 Å². The number of aliphatic imine (C=N–C) groups is 1. The highest BCUT2D eigenvalue weighted by atomic mass is 127. The minimum absolute atomic E-state index is 0. The number of hydrogen-bond donors (Lipinski definition) is 1. The third-order valence-corrected chi connectivity index (χ3v) is 6.84. The van der Waals surface area contributed by atoms with Crippen LogP contribution in [0.1, 0.15) is 38.2 Å². The molecule has 1 aliphatic rings. The Hall–Kier alpha value is -0.830. The number of hydrogen-bond acceptors (Lipinski definition) is 3. The van der Waals surface area contributed by atoms with Gasteiger partial charge in [-0.3, -0.25) is 4.99 Å². The maximum absolute atomic E-state index is 11.7. The summed E-state index contributed by atoms with van der Waals surface area (Å²) in [6.45, 7) is 6.24. The van der Waals surface area contributed by atoms with Crippen LogP contribution < -0.4 is 5.32 Å². The molecule has 1 saturated heterocycles. The number of halogens is 1. The first-order valence-corrected chi connectivity index (χ1v) is 11.0. The predicted molar refractivity (Wildman–Crippen MR) is 120 cm³/mol. The molecule has 0 spiro atoms. The molecule has 1 heterocycles. The molecule has 0 radical (unpaired) electrons. The Labute approximate surface area is 175 Å². The number of guanidine groups is 1. The number of nitrogens with one attached hydrogen (secondary N) is 1. The van der Waals surface area contributed by atoms with Gasteiger partial charge in [0.25, 0.3) is 0 Å². The zero-order valence-corrected chi connectivity index (χ0v) is 19.2. The topological polar surface area (TPSA) is 61.8 Å². The van der Waals surface area contributed by atoms with Gasteiger partial charge in [-0.1, -0.05) is 50.6 Å². The minimum Gasteiger partial charge on any atom is -0.355 e. The van der Waals surface area contributed by atoms with Crippen LogP contribution in [0.5, 0.6) is 0 Å². The van der Waals surface area contributed by atoms with E-state index in [0.717, 1.165) is 31.9 Å². The molecule has 2 atom stereocenters. The standard InChI is InChI=1S/C19H31N3O2S.HI/c1-4-16-15-22(13-11-18(16)17-9-7-6-8-10-17)19(20-3)21-12-14-25(23,24)5-2;/h6-10,16,18H,4-5,11-15H2,1-3H3,(H,20,21);1H. The van der Waals surface area contributed by atoms with Crippen LogP contribution in [-0.4, -0.2) is 57.5 Å². The fraction of sp³-hybridized carbons (Fsp3) is 0.632. The maximum atomic E-state index is 11.7. The largest absolute Gasteiger partial charge is 0.355 e. The van der Waals surface area contributed by atoms with Gasteiger partial charge in [-0.25, -0.2) is 8.42 Å². The van der Waals surface area contributed by atoms with E-state index >= 15 is 0 Å². The first-order valence-electron chi connectivity index (χ1n) is 9.21. The van der Waals surface area contributed by atoms with Crippen LogP contribution in [0.4, 0.5) is 0 Å². The van der Waals surface area contributed by atoms with Gasteiger partial charge in [0.1, 0.15) is 0 Å². The van der Waals surface area contributed by atoms with Gasteiger partial charge in [0, 0.05) is 32.4 Å². The van der Waals surface area contributed by atoms with Gasteiger partial charge >= 0.3 is 0 Å². The zero-order chi connectivity index (χ0) is 18.3. The molecule has 2 unspecified atom stereocenters. The number of benzene rings is 1. The maximum Gasteiger partial charge on any atom is 0.193 e. The lowest BCUT2D eigenvalue weighted by Crippen LogP contribution is -2.49. The predicted octanol–water partition coefficient (Wildman–Crippen LogP) is 3.13. The lowest BCUT2D eigenvalue weighted by atomic mass is 9.79. The molecule has 26 heavy (non-hydrogen) atoms. The summed E-state index contributed by atoms with van der Waals surface area (Å²) < 4.78 is 23.3. The molecule has 1 aromatic carbocycles. The van der Waals surface area contributed by atoms with E-state index in [4.69, 9.17) is 0 Å². The van der Waals surface area contributed by atoms with E-state index in [-0.39, 0.29) is 35.5 Å². The number of likely N-dealkylation sites (tertiary alicyclic amines) is 1. The lowest BCUT2D eigenvalue weighted by molar-refractivity contribution is 0.216. The van der Waals surface area contributed by atoms with Crippen molar-refractivity contribution in [1.82, 2.24) is 10.2 Å². The van der Waals surface area contributed by atoms with Crippen LogP contribution in [0, 0.1) is 5.92 Å². The fourth-order valence-electron chi connectivity index (χ4n) is 3.57. The van der Waals surface area contributed by atoms with E-state index in [1.165, 1.54) is 5.56 Å². The quantitative estimate of drug-likeness (QED) is 0.376. The minimum atomic E-state index is -2.95. The summed E-state index contributed by atoms with van der Waals surface area (Å²) in [5.41, 5.74) is 1.42. The van der Waals surface area contributed by atoms with Crippen molar-refractivity contribution in [2.45, 2.75) is 32.6 Å². The molecule has 0 amide bonds. The normalized spacial score (nSPS) is 21.2. The first kappa shape index (κ1) is 23.2. The molecule has 0 aromatic heterocycles. The number of piperidine rings is 1. The molecule has 0 aliphatic carbocycles. The highest BCUT2D eigenvalue weighted by Crippen LogP contribution is 2.34. The molecule has 1 aliphatic heterocycles. The monoisotopic (exact) mass is 493 g/mol. The number of nitrogens with zero attached hydrogens (tertiary/aromatic N) is 2. The number of sulfone groups is 1. The van der Waals surface area contributed by atoms with Gasteiger partial charge in [0.15, 0.2) is 15.8 Å². The van der Waals surface area contributed by atoms with Crippen LogP contribution in [0.25, 0.3) is 0 Å². The molecule has 0 saturated carbocycles. The smallest absolute Gasteiger partial charge is 0.193 e. The molecular formula is C19H32IN3O2S. The van der Waals surface area contributed by atoms with Crippen LogP contribution in [0.3, 0.4) is 0 Å². The van der Waals surface area contributed by atoms with E-state index in [1.54, 1.807) is 14.0 Å². The van der Waals surface area contributed by atoms with E-state index in [1.807, 2.05) is 0 Å². The average Bonchev–Trinajstić information content (AvgIpc) is 2.65. The summed E-state index contributed by atoms with van der Waals surface area (Å²) in [5.74, 6) is 2.32. The van der Waals surface area contributed by atoms with Gasteiger partial charge < -0.3 is 10.2 Å². The lowest BCUT2D eigenvalue weighted by Gasteiger charge is -2.40. The summed E-state index contributed by atoms with van der Waals surface area (Å²) in [4.78, 5) is 6.63. The van der Waals surface area contributed by atoms with Crippen molar-refractivity contribution in [2.24, 2.45) is 10.9 Å². The second kappa shape index (κ2) is 11.1. The molecular weight excluding hydrogens is 461 g/mol. The molecule has 1 N–H and O–H groups in total. The van der Waals surface area contributed by atoms with E-state index in [0.29, 0.717) is 18.4 Å². The summed E-state index contributed by atoms with van der Waals surface area (Å²) in [7, 11) is -1.19. The SMILES string of the molecule is CCC1CN(C(=NC)NCCS(=O)(=O)CC)CCC1c1ccccc1.I. The van der Waals surface area contributed by atoms with E-state index in [2.05, 4.69) is 52.5 Å². The highest BCUT2D eigenvalue weighted by molar-refractivity contribution is 14.0. The molecule has 1 aromatic rings. The highest BCUT2D eigenvalue weighted by Gasteiger charge is 2.30. The van der Waals surface area contributed by atoms with Crippen molar-refractivity contribution in [2.75, 3.05) is 38.2 Å². The summed E-state index contributed by atoms with van der Waals surface area (Å²) in [5, 5.41) is 3.23. The van der Waals surface area contributed by atoms with E-state index in [9.17, 15) is 8.42 Å². The Kier molecular flexibility index (Phi) is 9.92. The van der Waals surface area contributed by atoms with Crippen LogP contribution in [0.2, 0.25) is 0 Å². The van der Waals surface area contributed by atoms with Gasteiger partial charge in [-0.05, 0) is 23.8 Å². The average molecular weight is 493 g/mol. The summed E-state index contributed by atoms with van der Waals surface area (Å²) in [6, 6.07) is 10.7. The third-order valence-electron chi connectivity index (χ3n) is 5.13. The third kappa shape index (κ3) is 6.40. The Balaban J connectivity index is 0.00000338. The second-order valence-corrected chi connectivity index (χ2v) is 9.10. The Bertz CT molecular complexity index is 665. The molecule has 2 rings (SSSR count). The summed E-state index contributed by atoms with van der Waals surface area (Å²) in [6.07, 6.45) is 2.22. The van der Waals surface area contributed by atoms with Crippen LogP contribution in [-0.2, 0) is 9.84 Å². The van der Waals surface area contributed by atoms with Crippen molar-refractivity contribution in [3.63, 3.8) is 0 Å². The van der Waals surface area contributed by atoms with Crippen LogP contribution in [0.15, 0.2) is 35.3 Å². The van der Waals surface area contributed by atoms with Crippen molar-refractivity contribution in [3.05, 3.63) is 35.9 Å². The van der Waals surface area contributed by atoms with Crippen molar-refractivity contribution < 1.29 is 8.42 Å². The second-order valence-electron chi connectivity index (χ2n) is 6.63. The van der Waals surface area contributed by atoms with Crippen molar-refractivity contribution >= 4 is 39.8 Å². The zero-order valence-electron chi connectivity index (χ0n) is 16.0. The van der Waals surface area contributed by atoms with Gasteiger partial charge in [0.2, 0.25) is 0 Å². The fourth-order valence-corrected chi connectivity index (χ4v) is 4.27. The van der Waals surface area contributed by atoms with Gasteiger partial charge in [0.05, 0.1) is 5.75 Å². The van der Waals surface area contributed by atoms with Crippen molar-refractivity contribution in [3.8, 4) is 0 Å². The first-order chi connectivity index (χ1) is 12.0. The van der Waals surface area contributed by atoms with Gasteiger partial charge in [-0.15, -0.1) is 24.0 Å². The molecule has 7 heteroatoms. The van der Waals surface area contributed by atoms with Gasteiger partial charge in [-0.2, -0.15) is 0 Å². The molecule has 0 bridgehead atoms. The Morgan fingerprint density at radius 1 is 1.27 bits per heavy atom. The Morgan fingerprint density at radius 3 is 2.54 bits per heavy atom. The molecule has 148 valence electrons. The summed E-state index contributed by atoms with van der Waals surface area (Å²) >= 11 is 0. The Morgan fingerprint density at radius 2 is 1.96 bits per heavy atom. The van der Waals surface area contributed by atoms with E-state index < -0.39 is 9.84 Å². The number of rotatable bonds is 6. The molecule has 1 fully saturated rings.